The Kier molecular flexibility index (Phi) is 4.43. The van der Waals surface area contributed by atoms with Crippen LogP contribution in [-0.2, 0) is 11.3 Å². The van der Waals surface area contributed by atoms with Crippen molar-refractivity contribution in [2.24, 2.45) is 0 Å². The minimum Gasteiger partial charge on any atom is -0.453 e. The molecule has 0 atom stereocenters. The number of nitrogens with zero attached hydrogens (tertiary/aromatic N) is 2. The molecule has 0 aliphatic heterocycles. The summed E-state index contributed by atoms with van der Waals surface area (Å²) in [6.07, 6.45) is 0. The predicted molar refractivity (Wildman–Crippen MR) is 101 cm³/mol. The lowest BCUT2D eigenvalue weighted by Crippen LogP contribution is -2.14. The van der Waals surface area contributed by atoms with Gasteiger partial charge in [-0.3, -0.25) is 9.89 Å². The number of halogens is 1. The number of aromatic amines is 2. The van der Waals surface area contributed by atoms with Gasteiger partial charge in [-0.25, -0.2) is 9.78 Å². The van der Waals surface area contributed by atoms with Gasteiger partial charge in [0.05, 0.1) is 16.6 Å². The molecule has 0 fully saturated rings. The number of carbonyl (C=O) groups excluding carboxylic acids is 1. The highest BCUT2D eigenvalue weighted by Gasteiger charge is 2.13. The van der Waals surface area contributed by atoms with Crippen LogP contribution in [0.4, 0.5) is 0 Å². The molecule has 2 aromatic carbocycles. The zero-order valence-electron chi connectivity index (χ0n) is 13.9. The number of fused-ring (bicyclic) bond motifs is 1. The molecule has 7 nitrogen and oxygen atoms in total. The van der Waals surface area contributed by atoms with Crippen molar-refractivity contribution in [3.05, 3.63) is 81.5 Å². The summed E-state index contributed by atoms with van der Waals surface area (Å²) < 4.78 is 5.22. The van der Waals surface area contributed by atoms with E-state index in [1.807, 2.05) is 30.3 Å². The number of nitrogens with one attached hydrogen (secondary N) is 2. The van der Waals surface area contributed by atoms with Gasteiger partial charge in [-0.15, -0.1) is 0 Å². The van der Waals surface area contributed by atoms with E-state index in [-0.39, 0.29) is 23.7 Å². The Bertz CT molecular complexity index is 1180. The second kappa shape index (κ2) is 7.05. The molecule has 134 valence electrons. The van der Waals surface area contributed by atoms with E-state index in [1.54, 1.807) is 18.2 Å². The molecule has 8 heteroatoms. The molecule has 0 spiro atoms. The molecule has 4 aromatic rings. The van der Waals surface area contributed by atoms with Crippen LogP contribution in [0.5, 0.6) is 0 Å². The van der Waals surface area contributed by atoms with E-state index in [0.717, 1.165) is 5.56 Å². The molecule has 2 heterocycles. The number of esters is 1. The van der Waals surface area contributed by atoms with Gasteiger partial charge in [-0.1, -0.05) is 41.9 Å². The van der Waals surface area contributed by atoms with Crippen molar-refractivity contribution in [1.29, 1.82) is 0 Å². The van der Waals surface area contributed by atoms with Crippen LogP contribution in [0.15, 0.2) is 59.4 Å². The maximum Gasteiger partial charge on any atom is 0.356 e. The highest BCUT2D eigenvalue weighted by molar-refractivity contribution is 6.31. The van der Waals surface area contributed by atoms with Crippen LogP contribution in [-0.4, -0.2) is 26.1 Å². The van der Waals surface area contributed by atoms with Crippen molar-refractivity contribution < 1.29 is 9.53 Å². The molecule has 0 radical (unpaired) electrons. The van der Waals surface area contributed by atoms with Crippen molar-refractivity contribution in [2.45, 2.75) is 6.61 Å². The third-order valence-corrected chi connectivity index (χ3v) is 4.16. The van der Waals surface area contributed by atoms with Crippen molar-refractivity contribution in [2.75, 3.05) is 0 Å². The Morgan fingerprint density at radius 1 is 1.11 bits per heavy atom. The maximum absolute atomic E-state index is 12.2. The first-order valence-electron chi connectivity index (χ1n) is 8.06. The first kappa shape index (κ1) is 17.0. The van der Waals surface area contributed by atoms with Crippen LogP contribution in [0, 0.1) is 0 Å². The third kappa shape index (κ3) is 3.58. The van der Waals surface area contributed by atoms with E-state index >= 15 is 0 Å². The monoisotopic (exact) mass is 380 g/mol. The Labute approximate surface area is 158 Å². The largest absolute Gasteiger partial charge is 0.453 e. The van der Waals surface area contributed by atoms with Crippen LogP contribution >= 0.6 is 11.6 Å². The van der Waals surface area contributed by atoms with Gasteiger partial charge in [0.1, 0.15) is 18.1 Å². The summed E-state index contributed by atoms with van der Waals surface area (Å²) in [6.45, 7) is -0.174. The molecular formula is C19H13ClN4O3. The molecule has 2 N–H and O–H groups in total. The molecule has 0 saturated heterocycles. The molecule has 27 heavy (non-hydrogen) atoms. The minimum absolute atomic E-state index is 0.174. The lowest BCUT2D eigenvalue weighted by atomic mass is 10.1. The molecule has 0 amide bonds. The van der Waals surface area contributed by atoms with Crippen LogP contribution in [0.3, 0.4) is 0 Å². The number of ether oxygens (including phenoxy) is 1. The topological polar surface area (TPSA) is 101 Å². The summed E-state index contributed by atoms with van der Waals surface area (Å²) in [7, 11) is 0. The van der Waals surface area contributed by atoms with Gasteiger partial charge in [0, 0.05) is 10.6 Å². The zero-order valence-corrected chi connectivity index (χ0v) is 14.7. The van der Waals surface area contributed by atoms with Crippen molar-refractivity contribution >= 4 is 28.5 Å². The average molecular weight is 381 g/mol. The van der Waals surface area contributed by atoms with Gasteiger partial charge in [0.15, 0.2) is 0 Å². The number of hydrogen-bond acceptors (Lipinski definition) is 5. The van der Waals surface area contributed by atoms with E-state index in [2.05, 4.69) is 20.2 Å². The van der Waals surface area contributed by atoms with Gasteiger partial charge >= 0.3 is 5.97 Å². The fraction of sp³-hybridized carbons (Fsp3) is 0.0526. The second-order valence-electron chi connectivity index (χ2n) is 5.78. The molecule has 0 bridgehead atoms. The summed E-state index contributed by atoms with van der Waals surface area (Å²) in [6, 6.07) is 15.9. The van der Waals surface area contributed by atoms with E-state index < -0.39 is 5.97 Å². The summed E-state index contributed by atoms with van der Waals surface area (Å²) >= 11 is 5.89. The smallest absolute Gasteiger partial charge is 0.356 e. The lowest BCUT2D eigenvalue weighted by molar-refractivity contribution is 0.0455. The normalized spacial score (nSPS) is 10.9. The summed E-state index contributed by atoms with van der Waals surface area (Å²) in [5.41, 5.74) is 1.86. The van der Waals surface area contributed by atoms with Gasteiger partial charge in [0.2, 0.25) is 0 Å². The highest BCUT2D eigenvalue weighted by atomic mass is 35.5. The predicted octanol–water partition coefficient (Wildman–Crippen LogP) is 3.32. The van der Waals surface area contributed by atoms with Gasteiger partial charge in [-0.2, -0.15) is 5.10 Å². The molecule has 4 rings (SSSR count). The first-order chi connectivity index (χ1) is 13.1. The Balaban J connectivity index is 1.50. The molecule has 2 aromatic heterocycles. The van der Waals surface area contributed by atoms with E-state index in [9.17, 15) is 9.59 Å². The van der Waals surface area contributed by atoms with Crippen LogP contribution in [0.2, 0.25) is 5.02 Å². The summed E-state index contributed by atoms with van der Waals surface area (Å²) in [5, 5.41) is 7.59. The van der Waals surface area contributed by atoms with Crippen LogP contribution < -0.4 is 5.56 Å². The standard InChI is InChI=1S/C19H13ClN4O3/c20-12-6-7-14-13(8-12)18(25)22-17(21-14)10-27-19(26)16-9-15(23-24-16)11-4-2-1-3-5-11/h1-9H,10H2,(H,23,24)(H,21,22,25). The van der Waals surface area contributed by atoms with Crippen molar-refractivity contribution in [3.63, 3.8) is 0 Å². The van der Waals surface area contributed by atoms with E-state index in [4.69, 9.17) is 16.3 Å². The van der Waals surface area contributed by atoms with Gasteiger partial charge in [0.25, 0.3) is 5.56 Å². The number of carbonyl (C=O) groups is 1. The van der Waals surface area contributed by atoms with E-state index in [0.29, 0.717) is 21.6 Å². The fourth-order valence-electron chi connectivity index (χ4n) is 2.62. The first-order valence-corrected chi connectivity index (χ1v) is 8.44. The highest BCUT2D eigenvalue weighted by Crippen LogP contribution is 2.18. The quantitative estimate of drug-likeness (QED) is 0.529. The zero-order chi connectivity index (χ0) is 18.8. The summed E-state index contributed by atoms with van der Waals surface area (Å²) in [4.78, 5) is 31.2. The molecule has 0 saturated carbocycles. The van der Waals surface area contributed by atoms with Crippen LogP contribution in [0.1, 0.15) is 16.3 Å². The number of hydrogen-bond donors (Lipinski definition) is 2. The molecule has 0 unspecified atom stereocenters. The lowest BCUT2D eigenvalue weighted by Gasteiger charge is -2.04. The molecular weight excluding hydrogens is 368 g/mol. The van der Waals surface area contributed by atoms with E-state index in [1.165, 1.54) is 6.07 Å². The average Bonchev–Trinajstić information content (AvgIpc) is 3.18. The Morgan fingerprint density at radius 2 is 1.93 bits per heavy atom. The van der Waals surface area contributed by atoms with Gasteiger partial charge < -0.3 is 9.72 Å². The number of benzene rings is 2. The van der Waals surface area contributed by atoms with Crippen molar-refractivity contribution in [1.82, 2.24) is 20.2 Å². The Hall–Kier alpha value is -3.45. The molecule has 0 aliphatic carbocycles. The van der Waals surface area contributed by atoms with Crippen molar-refractivity contribution in [3.8, 4) is 11.3 Å². The third-order valence-electron chi connectivity index (χ3n) is 3.92. The number of aromatic nitrogens is 4. The Morgan fingerprint density at radius 3 is 2.74 bits per heavy atom. The second-order valence-corrected chi connectivity index (χ2v) is 6.22. The maximum atomic E-state index is 12.2. The fourth-order valence-corrected chi connectivity index (χ4v) is 2.79. The minimum atomic E-state index is -0.594. The molecule has 0 aliphatic rings. The SMILES string of the molecule is O=C(OCc1nc2ccc(Cl)cc2c(=O)[nH]1)c1cc(-c2ccccc2)n[nH]1. The van der Waals surface area contributed by atoms with Gasteiger partial charge in [-0.05, 0) is 24.3 Å². The van der Waals surface area contributed by atoms with Crippen LogP contribution in [0.25, 0.3) is 22.2 Å². The number of rotatable bonds is 4. The summed E-state index contributed by atoms with van der Waals surface area (Å²) in [5.74, 6) is -0.352. The number of H-pyrrole nitrogens is 2.